The molecule has 0 aliphatic heterocycles. The van der Waals surface area contributed by atoms with E-state index in [1.807, 2.05) is 4.57 Å². The number of hydrogen-bond acceptors (Lipinski definition) is 4. The van der Waals surface area contributed by atoms with Crippen molar-refractivity contribution in [1.29, 1.82) is 0 Å². The summed E-state index contributed by atoms with van der Waals surface area (Å²) >= 11 is 4.75. The summed E-state index contributed by atoms with van der Waals surface area (Å²) in [5.74, 6) is -0.395. The largest absolute Gasteiger partial charge is 0.416 e. The van der Waals surface area contributed by atoms with Crippen LogP contribution in [0.25, 0.3) is 22.2 Å². The Morgan fingerprint density at radius 1 is 1.16 bits per heavy atom. The number of aromatic nitrogens is 3. The highest BCUT2D eigenvalue weighted by atomic mass is 32.1. The summed E-state index contributed by atoms with van der Waals surface area (Å²) in [6.45, 7) is 11.8. The standard InChI is InChI=1S/C23H32FN3O3SSi/c1-23(2,3)32(6,7)30-14-17(31)12-27-13-18-19(21(28)26(5)22(29)25(18)4)20(27)15-9-8-10-16(24)11-15/h8-11,13,17,31H,12,14H2,1-7H3. The first-order valence-corrected chi connectivity index (χ1v) is 14.0. The van der Waals surface area contributed by atoms with Gasteiger partial charge in [-0.05, 0) is 30.3 Å². The number of fused-ring (bicyclic) bond motifs is 1. The third-order valence-electron chi connectivity index (χ3n) is 6.46. The van der Waals surface area contributed by atoms with Crippen molar-refractivity contribution in [2.75, 3.05) is 6.61 Å². The lowest BCUT2D eigenvalue weighted by atomic mass is 10.1. The lowest BCUT2D eigenvalue weighted by Gasteiger charge is -2.37. The van der Waals surface area contributed by atoms with E-state index in [1.54, 1.807) is 25.4 Å². The Hall–Kier alpha value is -2.10. The second-order valence-electron chi connectivity index (χ2n) is 9.83. The molecule has 3 rings (SSSR count). The zero-order chi connectivity index (χ0) is 24.0. The highest BCUT2D eigenvalue weighted by Crippen LogP contribution is 2.37. The maximum Gasteiger partial charge on any atom is 0.330 e. The summed E-state index contributed by atoms with van der Waals surface area (Å²) in [5.41, 5.74) is 0.829. The Bertz CT molecular complexity index is 1270. The van der Waals surface area contributed by atoms with Crippen LogP contribution in [0.2, 0.25) is 18.1 Å². The lowest BCUT2D eigenvalue weighted by Crippen LogP contribution is -2.42. The minimum absolute atomic E-state index is 0.0832. The predicted molar refractivity (Wildman–Crippen MR) is 134 cm³/mol. The average Bonchev–Trinajstić information content (AvgIpc) is 3.07. The van der Waals surface area contributed by atoms with Crippen LogP contribution in [-0.2, 0) is 25.1 Å². The molecule has 2 heterocycles. The third-order valence-corrected chi connectivity index (χ3v) is 11.3. The Morgan fingerprint density at radius 2 is 1.81 bits per heavy atom. The van der Waals surface area contributed by atoms with E-state index in [2.05, 4.69) is 33.9 Å². The molecule has 9 heteroatoms. The molecule has 0 fully saturated rings. The van der Waals surface area contributed by atoms with E-state index in [0.29, 0.717) is 35.3 Å². The summed E-state index contributed by atoms with van der Waals surface area (Å²) in [7, 11) is 1.14. The van der Waals surface area contributed by atoms with Crippen LogP contribution < -0.4 is 11.2 Å². The Labute approximate surface area is 194 Å². The van der Waals surface area contributed by atoms with Crippen LogP contribution in [-0.4, -0.2) is 33.9 Å². The topological polar surface area (TPSA) is 58.2 Å². The quantitative estimate of drug-likeness (QED) is 0.428. The first-order valence-electron chi connectivity index (χ1n) is 10.6. The maximum atomic E-state index is 14.1. The van der Waals surface area contributed by atoms with E-state index in [1.165, 1.54) is 23.7 Å². The van der Waals surface area contributed by atoms with Gasteiger partial charge in [0, 0.05) is 44.3 Å². The maximum absolute atomic E-state index is 14.1. The van der Waals surface area contributed by atoms with Gasteiger partial charge in [-0.3, -0.25) is 13.9 Å². The zero-order valence-electron chi connectivity index (χ0n) is 19.8. The van der Waals surface area contributed by atoms with Gasteiger partial charge < -0.3 is 8.99 Å². The predicted octanol–water partition coefficient (Wildman–Crippen LogP) is 4.17. The van der Waals surface area contributed by atoms with E-state index in [0.717, 1.165) is 4.57 Å². The van der Waals surface area contributed by atoms with Crippen molar-refractivity contribution in [2.24, 2.45) is 14.1 Å². The van der Waals surface area contributed by atoms with Gasteiger partial charge in [-0.1, -0.05) is 32.9 Å². The molecule has 0 saturated carbocycles. The molecule has 1 unspecified atom stereocenters. The normalized spacial score (nSPS) is 13.7. The number of aryl methyl sites for hydroxylation is 1. The first kappa shape index (κ1) is 24.5. The van der Waals surface area contributed by atoms with Gasteiger partial charge in [0.25, 0.3) is 5.56 Å². The van der Waals surface area contributed by atoms with Crippen LogP contribution >= 0.6 is 12.6 Å². The van der Waals surface area contributed by atoms with Gasteiger partial charge >= 0.3 is 5.69 Å². The fraction of sp³-hybridized carbons (Fsp3) is 0.478. The smallest absolute Gasteiger partial charge is 0.330 e. The van der Waals surface area contributed by atoms with Gasteiger partial charge in [-0.15, -0.1) is 0 Å². The average molecular weight is 478 g/mol. The Kier molecular flexibility index (Phi) is 6.66. The third kappa shape index (κ3) is 4.51. The summed E-state index contributed by atoms with van der Waals surface area (Å²) in [4.78, 5) is 25.5. The van der Waals surface area contributed by atoms with Crippen LogP contribution in [0.3, 0.4) is 0 Å². The molecule has 0 spiro atoms. The number of hydrogen-bond donors (Lipinski definition) is 1. The van der Waals surface area contributed by atoms with Crippen LogP contribution in [0.4, 0.5) is 4.39 Å². The summed E-state index contributed by atoms with van der Waals surface area (Å²) in [5, 5.41) is 0.310. The molecular formula is C23H32FN3O3SSi. The molecule has 0 amide bonds. The molecule has 0 bridgehead atoms. The van der Waals surface area contributed by atoms with Crippen molar-refractivity contribution >= 4 is 31.8 Å². The summed E-state index contributed by atoms with van der Waals surface area (Å²) in [6.07, 6.45) is 1.77. The molecule has 32 heavy (non-hydrogen) atoms. The van der Waals surface area contributed by atoms with E-state index in [-0.39, 0.29) is 10.3 Å². The molecule has 0 radical (unpaired) electrons. The van der Waals surface area contributed by atoms with Gasteiger partial charge in [0.2, 0.25) is 0 Å². The molecule has 174 valence electrons. The van der Waals surface area contributed by atoms with Crippen molar-refractivity contribution in [3.8, 4) is 11.3 Å². The lowest BCUT2D eigenvalue weighted by molar-refractivity contribution is 0.281. The number of halogens is 1. The molecule has 0 N–H and O–H groups in total. The first-order chi connectivity index (χ1) is 14.7. The fourth-order valence-corrected chi connectivity index (χ4v) is 4.92. The number of thiol groups is 1. The molecule has 0 aliphatic rings. The van der Waals surface area contributed by atoms with Crippen molar-refractivity contribution in [2.45, 2.75) is 50.7 Å². The zero-order valence-corrected chi connectivity index (χ0v) is 21.7. The van der Waals surface area contributed by atoms with Crippen molar-refractivity contribution in [1.82, 2.24) is 13.7 Å². The van der Waals surface area contributed by atoms with E-state index >= 15 is 0 Å². The van der Waals surface area contributed by atoms with E-state index < -0.39 is 25.4 Å². The Morgan fingerprint density at radius 3 is 2.41 bits per heavy atom. The van der Waals surface area contributed by atoms with Gasteiger partial charge in [0.1, 0.15) is 5.82 Å². The Balaban J connectivity index is 2.10. The van der Waals surface area contributed by atoms with Crippen LogP contribution in [0.15, 0.2) is 40.1 Å². The van der Waals surface area contributed by atoms with Gasteiger partial charge in [0.05, 0.1) is 16.6 Å². The van der Waals surface area contributed by atoms with Crippen LogP contribution in [0.1, 0.15) is 20.8 Å². The van der Waals surface area contributed by atoms with Gasteiger partial charge in [-0.25, -0.2) is 9.18 Å². The summed E-state index contributed by atoms with van der Waals surface area (Å²) < 4.78 is 24.8. The molecule has 6 nitrogen and oxygen atoms in total. The van der Waals surface area contributed by atoms with Gasteiger partial charge in [0.15, 0.2) is 8.32 Å². The summed E-state index contributed by atoms with van der Waals surface area (Å²) in [6, 6.07) is 6.13. The fourth-order valence-electron chi connectivity index (χ4n) is 3.48. The monoisotopic (exact) mass is 477 g/mol. The number of benzene rings is 1. The van der Waals surface area contributed by atoms with Crippen molar-refractivity contribution < 1.29 is 8.82 Å². The molecule has 3 aromatic rings. The highest BCUT2D eigenvalue weighted by molar-refractivity contribution is 7.81. The molecule has 0 aliphatic carbocycles. The van der Waals surface area contributed by atoms with Crippen molar-refractivity contribution in [3.63, 3.8) is 0 Å². The molecule has 1 aromatic carbocycles. The minimum atomic E-state index is -1.94. The highest BCUT2D eigenvalue weighted by Gasteiger charge is 2.37. The molecule has 0 saturated heterocycles. The van der Waals surface area contributed by atoms with Crippen LogP contribution in [0, 0.1) is 5.82 Å². The minimum Gasteiger partial charge on any atom is -0.416 e. The van der Waals surface area contributed by atoms with Crippen molar-refractivity contribution in [3.05, 3.63) is 57.1 Å². The second kappa shape index (κ2) is 8.68. The molecular weight excluding hydrogens is 445 g/mol. The molecule has 1 atom stereocenters. The van der Waals surface area contributed by atoms with E-state index in [4.69, 9.17) is 17.1 Å². The van der Waals surface area contributed by atoms with E-state index in [9.17, 15) is 14.0 Å². The molecule has 2 aromatic heterocycles. The van der Waals surface area contributed by atoms with Gasteiger partial charge in [-0.2, -0.15) is 12.6 Å². The number of rotatable bonds is 6. The second-order valence-corrected chi connectivity index (χ2v) is 15.4. The van der Waals surface area contributed by atoms with Crippen LogP contribution in [0.5, 0.6) is 0 Å². The number of nitrogens with zero attached hydrogens (tertiary/aromatic N) is 3. The SMILES string of the molecule is Cn1c(=O)c2c(-c3cccc(F)c3)n(CC(S)CO[Si](C)(C)C(C)(C)C)cc2n(C)c1=O.